The van der Waals surface area contributed by atoms with Crippen molar-refractivity contribution in [2.24, 2.45) is 0 Å². The number of carbonyl (C=O) groups excluding carboxylic acids is 1. The molecule has 0 N–H and O–H groups in total. The number of thiophene rings is 1. The van der Waals surface area contributed by atoms with Crippen molar-refractivity contribution in [2.75, 3.05) is 31.1 Å². The number of anilines is 1. The zero-order valence-corrected chi connectivity index (χ0v) is 18.0. The number of fused-ring (bicyclic) bond motifs is 1. The van der Waals surface area contributed by atoms with Crippen LogP contribution in [0.5, 0.6) is 0 Å². The monoisotopic (exact) mass is 428 g/mol. The summed E-state index contributed by atoms with van der Waals surface area (Å²) in [6, 6.07) is 6.47. The standard InChI is InChI=1S/C22H25FN4O2S/c1-15-16(2)30-21-20(15)22(29)27(14-24-21)11-8-19(28)26-10-3-9-25(12-13-26)18-6-4-17(23)5-7-18/h4-7,14H,3,8-13H2,1-2H3. The van der Waals surface area contributed by atoms with Gasteiger partial charge >= 0.3 is 0 Å². The van der Waals surface area contributed by atoms with E-state index in [1.54, 1.807) is 23.0 Å². The Balaban J connectivity index is 1.39. The molecule has 30 heavy (non-hydrogen) atoms. The molecule has 1 aliphatic heterocycles. The summed E-state index contributed by atoms with van der Waals surface area (Å²) in [4.78, 5) is 35.9. The normalized spacial score (nSPS) is 14.9. The quantitative estimate of drug-likeness (QED) is 0.640. The fourth-order valence-corrected chi connectivity index (χ4v) is 4.87. The Hall–Kier alpha value is -2.74. The van der Waals surface area contributed by atoms with Crippen LogP contribution in [0.4, 0.5) is 10.1 Å². The van der Waals surface area contributed by atoms with Crippen LogP contribution in [0.1, 0.15) is 23.3 Å². The number of benzene rings is 1. The second-order valence-electron chi connectivity index (χ2n) is 7.65. The second-order valence-corrected chi connectivity index (χ2v) is 8.86. The first-order chi connectivity index (χ1) is 14.4. The van der Waals surface area contributed by atoms with Gasteiger partial charge in [0.15, 0.2) is 0 Å². The third-order valence-corrected chi connectivity index (χ3v) is 6.88. The third kappa shape index (κ3) is 4.09. The first kappa shape index (κ1) is 20.5. The molecule has 1 fully saturated rings. The predicted molar refractivity (Wildman–Crippen MR) is 118 cm³/mol. The zero-order chi connectivity index (χ0) is 21.3. The Morgan fingerprint density at radius 3 is 2.67 bits per heavy atom. The van der Waals surface area contributed by atoms with Crippen LogP contribution in [0.2, 0.25) is 0 Å². The molecule has 3 heterocycles. The number of carbonyl (C=O) groups is 1. The average molecular weight is 429 g/mol. The van der Waals surface area contributed by atoms with E-state index >= 15 is 0 Å². The Bertz CT molecular complexity index is 1120. The van der Waals surface area contributed by atoms with Crippen molar-refractivity contribution in [1.82, 2.24) is 14.5 Å². The first-order valence-corrected chi connectivity index (χ1v) is 11.0. The number of hydrogen-bond donors (Lipinski definition) is 0. The van der Waals surface area contributed by atoms with E-state index in [0.717, 1.165) is 33.9 Å². The summed E-state index contributed by atoms with van der Waals surface area (Å²) in [5.74, 6) is -0.206. The molecular weight excluding hydrogens is 403 g/mol. The van der Waals surface area contributed by atoms with Crippen molar-refractivity contribution in [3.8, 4) is 0 Å². The highest BCUT2D eigenvalue weighted by Gasteiger charge is 2.20. The van der Waals surface area contributed by atoms with Crippen molar-refractivity contribution in [3.63, 3.8) is 0 Å². The number of aryl methyl sites for hydroxylation is 3. The van der Waals surface area contributed by atoms with Gasteiger partial charge in [0.05, 0.1) is 11.7 Å². The molecule has 2 aromatic heterocycles. The number of amides is 1. The van der Waals surface area contributed by atoms with Crippen molar-refractivity contribution in [3.05, 3.63) is 57.2 Å². The van der Waals surface area contributed by atoms with E-state index in [2.05, 4.69) is 9.88 Å². The predicted octanol–water partition coefficient (Wildman–Crippen LogP) is 3.34. The molecule has 158 valence electrons. The van der Waals surface area contributed by atoms with Crippen molar-refractivity contribution >= 4 is 33.1 Å². The van der Waals surface area contributed by atoms with Crippen LogP contribution in [0, 0.1) is 19.7 Å². The smallest absolute Gasteiger partial charge is 0.262 e. The van der Waals surface area contributed by atoms with Crippen molar-refractivity contribution in [2.45, 2.75) is 33.2 Å². The lowest BCUT2D eigenvalue weighted by Crippen LogP contribution is -2.36. The van der Waals surface area contributed by atoms with Crippen LogP contribution in [0.3, 0.4) is 0 Å². The third-order valence-electron chi connectivity index (χ3n) is 5.76. The van der Waals surface area contributed by atoms with Gasteiger partial charge in [-0.2, -0.15) is 0 Å². The summed E-state index contributed by atoms with van der Waals surface area (Å²) in [7, 11) is 0. The highest BCUT2D eigenvalue weighted by molar-refractivity contribution is 7.18. The Morgan fingerprint density at radius 1 is 1.13 bits per heavy atom. The van der Waals surface area contributed by atoms with Crippen LogP contribution >= 0.6 is 11.3 Å². The van der Waals surface area contributed by atoms with E-state index in [0.29, 0.717) is 31.6 Å². The van der Waals surface area contributed by atoms with Gasteiger partial charge in [0.25, 0.3) is 5.56 Å². The van der Waals surface area contributed by atoms with Crippen molar-refractivity contribution in [1.29, 1.82) is 0 Å². The van der Waals surface area contributed by atoms with Crippen molar-refractivity contribution < 1.29 is 9.18 Å². The molecule has 3 aromatic rings. The summed E-state index contributed by atoms with van der Waals surface area (Å²) >= 11 is 1.53. The van der Waals surface area contributed by atoms with Gasteiger partial charge in [0, 0.05) is 49.7 Å². The number of hydrogen-bond acceptors (Lipinski definition) is 5. The minimum Gasteiger partial charge on any atom is -0.370 e. The number of aromatic nitrogens is 2. The van der Waals surface area contributed by atoms with E-state index < -0.39 is 0 Å². The first-order valence-electron chi connectivity index (χ1n) is 10.2. The summed E-state index contributed by atoms with van der Waals surface area (Å²) in [6.45, 7) is 7.09. The molecule has 0 atom stereocenters. The van der Waals surface area contributed by atoms with Crippen LogP contribution in [-0.2, 0) is 11.3 Å². The SMILES string of the molecule is Cc1sc2ncn(CCC(=O)N3CCCN(c4ccc(F)cc4)CC3)c(=O)c2c1C. The largest absolute Gasteiger partial charge is 0.370 e. The lowest BCUT2D eigenvalue weighted by atomic mass is 10.2. The maximum atomic E-state index is 13.2. The van der Waals surface area contributed by atoms with E-state index in [9.17, 15) is 14.0 Å². The van der Waals surface area contributed by atoms with Crippen LogP contribution < -0.4 is 10.5 Å². The molecule has 0 saturated carbocycles. The summed E-state index contributed by atoms with van der Waals surface area (Å²) in [5.41, 5.74) is 1.87. The van der Waals surface area contributed by atoms with Gasteiger partial charge < -0.3 is 9.80 Å². The maximum absolute atomic E-state index is 13.2. The molecule has 0 bridgehead atoms. The molecule has 1 aromatic carbocycles. The van der Waals surface area contributed by atoms with E-state index in [1.807, 2.05) is 18.7 Å². The fraction of sp³-hybridized carbons (Fsp3) is 0.409. The van der Waals surface area contributed by atoms with Gasteiger partial charge in [-0.05, 0) is 50.1 Å². The second kappa shape index (κ2) is 8.55. The van der Waals surface area contributed by atoms with Gasteiger partial charge in [0.1, 0.15) is 10.6 Å². The number of halogens is 1. The molecule has 1 saturated heterocycles. The molecule has 8 heteroatoms. The molecule has 6 nitrogen and oxygen atoms in total. The molecular formula is C22H25FN4O2S. The summed E-state index contributed by atoms with van der Waals surface area (Å²) in [6.07, 6.45) is 2.67. The van der Waals surface area contributed by atoms with Crippen LogP contribution in [0.15, 0.2) is 35.4 Å². The van der Waals surface area contributed by atoms with E-state index in [1.165, 1.54) is 23.5 Å². The number of rotatable bonds is 4. The Labute approximate surface area is 178 Å². The van der Waals surface area contributed by atoms with E-state index in [-0.39, 0.29) is 23.7 Å². The molecule has 0 spiro atoms. The summed E-state index contributed by atoms with van der Waals surface area (Å²) in [5, 5.41) is 0.664. The molecule has 0 radical (unpaired) electrons. The average Bonchev–Trinajstić information content (AvgIpc) is 2.90. The Morgan fingerprint density at radius 2 is 1.90 bits per heavy atom. The Kier molecular flexibility index (Phi) is 5.85. The number of nitrogens with zero attached hydrogens (tertiary/aromatic N) is 4. The van der Waals surface area contributed by atoms with Gasteiger partial charge in [0.2, 0.25) is 5.91 Å². The highest BCUT2D eigenvalue weighted by atomic mass is 32.1. The molecule has 0 aliphatic carbocycles. The minimum atomic E-state index is -0.249. The molecule has 4 rings (SSSR count). The van der Waals surface area contributed by atoms with Crippen LogP contribution in [-0.4, -0.2) is 46.5 Å². The molecule has 1 amide bonds. The molecule has 1 aliphatic rings. The van der Waals surface area contributed by atoms with Gasteiger partial charge in [-0.1, -0.05) is 0 Å². The lowest BCUT2D eigenvalue weighted by Gasteiger charge is -2.23. The van der Waals surface area contributed by atoms with Gasteiger partial charge in [-0.25, -0.2) is 9.37 Å². The summed E-state index contributed by atoms with van der Waals surface area (Å²) < 4.78 is 14.7. The van der Waals surface area contributed by atoms with E-state index in [4.69, 9.17) is 0 Å². The maximum Gasteiger partial charge on any atom is 0.262 e. The topological polar surface area (TPSA) is 58.4 Å². The fourth-order valence-electron chi connectivity index (χ4n) is 3.88. The lowest BCUT2D eigenvalue weighted by molar-refractivity contribution is -0.131. The molecule has 0 unspecified atom stereocenters. The minimum absolute atomic E-state index is 0.0428. The highest BCUT2D eigenvalue weighted by Crippen LogP contribution is 2.25. The van der Waals surface area contributed by atoms with Gasteiger partial charge in [-0.3, -0.25) is 14.2 Å². The zero-order valence-electron chi connectivity index (χ0n) is 17.2. The van der Waals surface area contributed by atoms with Crippen LogP contribution in [0.25, 0.3) is 10.2 Å². The van der Waals surface area contributed by atoms with Gasteiger partial charge in [-0.15, -0.1) is 11.3 Å².